The van der Waals surface area contributed by atoms with Gasteiger partial charge in [-0.1, -0.05) is 24.9 Å². The molecule has 0 aromatic rings. The van der Waals surface area contributed by atoms with Gasteiger partial charge in [-0.2, -0.15) is 0 Å². The maximum absolute atomic E-state index is 12.4. The summed E-state index contributed by atoms with van der Waals surface area (Å²) in [6.45, 7) is 1.62. The molecule has 80 valence electrons. The summed E-state index contributed by atoms with van der Waals surface area (Å²) in [6.07, 6.45) is 0.0296. The predicted molar refractivity (Wildman–Crippen MR) is 57.3 cm³/mol. The van der Waals surface area contributed by atoms with E-state index in [2.05, 4.69) is 0 Å². The molecule has 0 aliphatic heterocycles. The van der Waals surface area contributed by atoms with Crippen LogP contribution in [0.1, 0.15) is 19.8 Å². The third-order valence-electron chi connectivity index (χ3n) is 2.02. The van der Waals surface area contributed by atoms with Gasteiger partial charge in [0.25, 0.3) is 0 Å². The van der Waals surface area contributed by atoms with Crippen LogP contribution in [-0.2, 0) is 0 Å². The van der Waals surface area contributed by atoms with Crippen molar-refractivity contribution in [3.8, 4) is 0 Å². The second-order valence-electron chi connectivity index (χ2n) is 3.52. The molecule has 0 aromatic carbocycles. The van der Waals surface area contributed by atoms with Gasteiger partial charge in [0.05, 0.1) is 15.3 Å². The summed E-state index contributed by atoms with van der Waals surface area (Å²) in [4.78, 5) is 0. The van der Waals surface area contributed by atoms with E-state index < -0.39 is 31.3 Å². The lowest BCUT2D eigenvalue weighted by atomic mass is 10.4. The molecule has 0 radical (unpaired) electrons. The third-order valence-corrected chi connectivity index (χ3v) is 5.57. The van der Waals surface area contributed by atoms with Gasteiger partial charge in [0.2, 0.25) is 6.43 Å². The lowest BCUT2D eigenvalue weighted by Crippen LogP contribution is -2.04. The normalized spacial score (nSPS) is 15.5. The van der Waals surface area contributed by atoms with Crippen molar-refractivity contribution in [2.45, 2.75) is 50.1 Å². The van der Waals surface area contributed by atoms with Gasteiger partial charge in [0.15, 0.2) is 0 Å². The molecule has 0 aliphatic rings. The van der Waals surface area contributed by atoms with Crippen LogP contribution in [0.5, 0.6) is 0 Å². The molecular weight excluding hydrogens is 209 g/mol. The first-order valence-corrected chi connectivity index (χ1v) is 8.86. The van der Waals surface area contributed by atoms with E-state index >= 15 is 0 Å². The number of halogens is 3. The van der Waals surface area contributed by atoms with Crippen molar-refractivity contribution in [1.82, 2.24) is 0 Å². The minimum absolute atomic E-state index is 0.164. The Hall–Kier alpha value is 0.224. The van der Waals surface area contributed by atoms with Gasteiger partial charge in [0, 0.05) is 9.52 Å². The molecule has 13 heavy (non-hydrogen) atoms. The van der Waals surface area contributed by atoms with E-state index in [0.29, 0.717) is 0 Å². The molecule has 0 amide bonds. The lowest BCUT2D eigenvalue weighted by molar-refractivity contribution is 0.171. The minimum Gasteiger partial charge on any atom is -0.252 e. The standard InChI is InChI=1S/C8H19F3Si2/c1-7(9)13-5-3-2-4-12-6-8(10)11/h7-8H,2-6,12-13H2,1H3. The Morgan fingerprint density at radius 1 is 1.08 bits per heavy atom. The Kier molecular flexibility index (Phi) is 8.96. The molecule has 1 atom stereocenters. The summed E-state index contributed by atoms with van der Waals surface area (Å²) < 4.78 is 35.8. The van der Waals surface area contributed by atoms with Crippen LogP contribution < -0.4 is 0 Å². The first-order valence-electron chi connectivity index (χ1n) is 5.05. The van der Waals surface area contributed by atoms with Gasteiger partial charge in [0.1, 0.15) is 0 Å². The molecule has 0 aromatic heterocycles. The Bertz CT molecular complexity index is 97.6. The Morgan fingerprint density at radius 3 is 2.23 bits per heavy atom. The molecule has 1 unspecified atom stereocenters. The third kappa shape index (κ3) is 12.2. The maximum Gasteiger partial charge on any atom is 0.235 e. The number of rotatable bonds is 8. The molecule has 0 aliphatic carbocycles. The van der Waals surface area contributed by atoms with E-state index in [1.165, 1.54) is 0 Å². The largest absolute Gasteiger partial charge is 0.252 e. The van der Waals surface area contributed by atoms with Gasteiger partial charge >= 0.3 is 0 Å². The minimum atomic E-state index is -2.09. The average molecular weight is 228 g/mol. The first-order chi connectivity index (χ1) is 6.13. The van der Waals surface area contributed by atoms with Gasteiger partial charge in [-0.3, -0.25) is 4.39 Å². The summed E-state index contributed by atoms with van der Waals surface area (Å²) in [7, 11) is -1.02. The molecule has 0 rings (SSSR count). The molecule has 0 nitrogen and oxygen atoms in total. The molecule has 0 heterocycles. The summed E-state index contributed by atoms with van der Waals surface area (Å²) in [5.74, 6) is -0.571. The van der Waals surface area contributed by atoms with Gasteiger partial charge in [-0.25, -0.2) is 8.78 Å². The Balaban J connectivity index is 2.92. The maximum atomic E-state index is 12.4. The van der Waals surface area contributed by atoms with Crippen LogP contribution in [-0.4, -0.2) is 31.3 Å². The Morgan fingerprint density at radius 2 is 1.69 bits per heavy atom. The zero-order valence-corrected chi connectivity index (χ0v) is 11.1. The fraction of sp³-hybridized carbons (Fsp3) is 1.00. The van der Waals surface area contributed by atoms with E-state index in [1.54, 1.807) is 6.92 Å². The summed E-state index contributed by atoms with van der Waals surface area (Å²) in [6, 6.07) is 2.22. The van der Waals surface area contributed by atoms with Crippen LogP contribution in [0.4, 0.5) is 13.2 Å². The van der Waals surface area contributed by atoms with Crippen molar-refractivity contribution in [3.63, 3.8) is 0 Å². The molecule has 0 bridgehead atoms. The highest BCUT2D eigenvalue weighted by molar-refractivity contribution is 6.37. The van der Waals surface area contributed by atoms with E-state index in [9.17, 15) is 13.2 Å². The van der Waals surface area contributed by atoms with Crippen molar-refractivity contribution >= 4 is 19.0 Å². The van der Waals surface area contributed by atoms with Crippen LogP contribution in [0.3, 0.4) is 0 Å². The van der Waals surface area contributed by atoms with Crippen LogP contribution in [0.2, 0.25) is 18.1 Å². The van der Waals surface area contributed by atoms with E-state index in [1.807, 2.05) is 0 Å². The van der Waals surface area contributed by atoms with Crippen molar-refractivity contribution in [2.24, 2.45) is 0 Å². The SMILES string of the molecule is CC(F)[SiH2]CCCC[SiH2]CC(F)F. The van der Waals surface area contributed by atoms with Crippen LogP contribution in [0.25, 0.3) is 0 Å². The van der Waals surface area contributed by atoms with Gasteiger partial charge in [-0.15, -0.1) is 0 Å². The van der Waals surface area contributed by atoms with Crippen molar-refractivity contribution in [1.29, 1.82) is 0 Å². The van der Waals surface area contributed by atoms with Crippen molar-refractivity contribution in [2.75, 3.05) is 0 Å². The van der Waals surface area contributed by atoms with E-state index in [4.69, 9.17) is 0 Å². The van der Waals surface area contributed by atoms with Crippen LogP contribution in [0, 0.1) is 0 Å². The second kappa shape index (κ2) is 8.81. The van der Waals surface area contributed by atoms with Gasteiger partial charge in [-0.05, 0) is 13.0 Å². The fourth-order valence-electron chi connectivity index (χ4n) is 1.25. The number of unbranched alkanes of at least 4 members (excludes halogenated alkanes) is 1. The summed E-state index contributed by atoms with van der Waals surface area (Å²) in [5.41, 5.74) is 0. The van der Waals surface area contributed by atoms with Crippen molar-refractivity contribution in [3.05, 3.63) is 0 Å². The molecular formula is C8H19F3Si2. The quantitative estimate of drug-likeness (QED) is 0.440. The van der Waals surface area contributed by atoms with Crippen LogP contribution in [0.15, 0.2) is 0 Å². The van der Waals surface area contributed by atoms with Gasteiger partial charge < -0.3 is 0 Å². The van der Waals surface area contributed by atoms with E-state index in [0.717, 1.165) is 24.9 Å². The number of alkyl halides is 3. The average Bonchev–Trinajstić information content (AvgIpc) is 2.01. The molecule has 0 N–H and O–H groups in total. The smallest absolute Gasteiger partial charge is 0.235 e. The predicted octanol–water partition coefficient (Wildman–Crippen LogP) is 1.94. The summed E-state index contributed by atoms with van der Waals surface area (Å²) in [5, 5.41) is 0. The highest BCUT2D eigenvalue weighted by Crippen LogP contribution is 2.06. The van der Waals surface area contributed by atoms with Crippen molar-refractivity contribution < 1.29 is 13.2 Å². The highest BCUT2D eigenvalue weighted by atomic mass is 28.2. The Labute approximate surface area is 82.9 Å². The monoisotopic (exact) mass is 228 g/mol. The molecule has 0 saturated heterocycles. The second-order valence-corrected chi connectivity index (χ2v) is 7.92. The topological polar surface area (TPSA) is 0 Å². The molecule has 5 heteroatoms. The zero-order chi connectivity index (χ0) is 10.1. The number of hydrogen-bond acceptors (Lipinski definition) is 0. The zero-order valence-electron chi connectivity index (χ0n) is 8.24. The fourth-order valence-corrected chi connectivity index (χ4v) is 3.76. The van der Waals surface area contributed by atoms with Crippen LogP contribution >= 0.6 is 0 Å². The number of hydrogen-bond donors (Lipinski definition) is 0. The summed E-state index contributed by atoms with van der Waals surface area (Å²) >= 11 is 0. The lowest BCUT2D eigenvalue weighted by Gasteiger charge is -2.01. The molecule has 0 fully saturated rings. The first kappa shape index (κ1) is 13.2. The molecule has 0 saturated carbocycles. The molecule has 0 spiro atoms. The highest BCUT2D eigenvalue weighted by Gasteiger charge is 2.02. The van der Waals surface area contributed by atoms with E-state index in [-0.39, 0.29) is 6.04 Å².